The Hall–Kier alpha value is -1.77. The summed E-state index contributed by atoms with van der Waals surface area (Å²) in [5, 5.41) is 0. The van der Waals surface area contributed by atoms with Gasteiger partial charge in [-0.2, -0.15) is 0 Å². The van der Waals surface area contributed by atoms with Gasteiger partial charge in [-0.25, -0.2) is 4.79 Å². The lowest BCUT2D eigenvalue weighted by atomic mass is 10.1. The highest BCUT2D eigenvalue weighted by molar-refractivity contribution is 5.95. The average Bonchev–Trinajstić information content (AvgIpc) is 2.49. The molecule has 1 heterocycles. The number of nitrogen functional groups attached to an aromatic ring is 1. The van der Waals surface area contributed by atoms with Crippen LogP contribution in [-0.2, 0) is 9.53 Å². The van der Waals surface area contributed by atoms with E-state index in [1.807, 2.05) is 37.3 Å². The highest BCUT2D eigenvalue weighted by Crippen LogP contribution is 2.22. The summed E-state index contributed by atoms with van der Waals surface area (Å²) in [6, 6.07) is 7.41. The number of ether oxygens (including phenoxy) is 1. The molecule has 0 aromatic heterocycles. The van der Waals surface area contributed by atoms with Gasteiger partial charge in [-0.05, 0) is 30.7 Å². The first kappa shape index (κ1) is 9.77. The molecule has 2 N–H and O–H groups in total. The fraction of sp³-hybridized carbons (Fsp3) is 0.250. The summed E-state index contributed by atoms with van der Waals surface area (Å²) in [5.41, 5.74) is 8.00. The Bertz CT molecular complexity index is 406. The third-order valence-corrected chi connectivity index (χ3v) is 2.36. The van der Waals surface area contributed by atoms with E-state index in [1.165, 1.54) is 0 Å². The van der Waals surface area contributed by atoms with Crippen LogP contribution in [0.25, 0.3) is 6.08 Å². The van der Waals surface area contributed by atoms with E-state index in [2.05, 4.69) is 0 Å². The second-order valence-electron chi connectivity index (χ2n) is 3.76. The van der Waals surface area contributed by atoms with E-state index in [-0.39, 0.29) is 12.1 Å². The van der Waals surface area contributed by atoms with Gasteiger partial charge in [-0.15, -0.1) is 0 Å². The van der Waals surface area contributed by atoms with Crippen molar-refractivity contribution in [2.24, 2.45) is 0 Å². The van der Waals surface area contributed by atoms with Gasteiger partial charge in [0, 0.05) is 17.7 Å². The van der Waals surface area contributed by atoms with E-state index in [4.69, 9.17) is 10.5 Å². The maximum Gasteiger partial charge on any atom is 0.334 e. The number of cyclic esters (lactones) is 1. The zero-order valence-corrected chi connectivity index (χ0v) is 8.57. The van der Waals surface area contributed by atoms with Gasteiger partial charge in [-0.3, -0.25) is 0 Å². The summed E-state index contributed by atoms with van der Waals surface area (Å²) >= 11 is 0. The van der Waals surface area contributed by atoms with Gasteiger partial charge < -0.3 is 10.5 Å². The molecule has 0 aliphatic carbocycles. The largest absolute Gasteiger partial charge is 0.459 e. The maximum atomic E-state index is 11.3. The van der Waals surface area contributed by atoms with Crippen LogP contribution in [0.4, 0.5) is 5.69 Å². The number of anilines is 1. The zero-order valence-electron chi connectivity index (χ0n) is 8.57. The molecule has 1 aromatic carbocycles. The van der Waals surface area contributed by atoms with E-state index in [9.17, 15) is 4.79 Å². The van der Waals surface area contributed by atoms with Gasteiger partial charge >= 0.3 is 5.97 Å². The molecule has 1 atom stereocenters. The van der Waals surface area contributed by atoms with Crippen molar-refractivity contribution >= 4 is 17.7 Å². The lowest BCUT2D eigenvalue weighted by molar-refractivity contribution is -0.138. The van der Waals surface area contributed by atoms with Gasteiger partial charge in [0.1, 0.15) is 6.10 Å². The Labute approximate surface area is 88.5 Å². The van der Waals surface area contributed by atoms with Crippen LogP contribution >= 0.6 is 0 Å². The number of hydrogen-bond donors (Lipinski definition) is 1. The smallest absolute Gasteiger partial charge is 0.334 e. The summed E-state index contributed by atoms with van der Waals surface area (Å²) in [6.45, 7) is 1.89. The molecule has 78 valence electrons. The minimum absolute atomic E-state index is 0.00229. The summed E-state index contributed by atoms with van der Waals surface area (Å²) in [6.07, 6.45) is 2.53. The molecular formula is C12H13NO2. The van der Waals surface area contributed by atoms with Crippen LogP contribution in [0.15, 0.2) is 29.8 Å². The van der Waals surface area contributed by atoms with E-state index in [0.29, 0.717) is 6.42 Å². The first-order valence-electron chi connectivity index (χ1n) is 4.92. The molecule has 1 aromatic rings. The summed E-state index contributed by atoms with van der Waals surface area (Å²) in [7, 11) is 0. The monoisotopic (exact) mass is 203 g/mol. The van der Waals surface area contributed by atoms with Crippen molar-refractivity contribution < 1.29 is 9.53 Å². The predicted molar refractivity (Wildman–Crippen MR) is 59.0 cm³/mol. The predicted octanol–water partition coefficient (Wildman–Crippen LogP) is 1.99. The molecule has 0 radical (unpaired) electrons. The molecule has 1 fully saturated rings. The molecule has 1 saturated heterocycles. The molecule has 15 heavy (non-hydrogen) atoms. The standard InChI is InChI=1S/C12H13NO2/c1-8-6-10(12(14)15-8)7-9-2-4-11(13)5-3-9/h2-5,7-8H,6,13H2,1H3/b10-7-/t8-/m0/s1. The van der Waals surface area contributed by atoms with E-state index in [1.54, 1.807) is 0 Å². The first-order chi connectivity index (χ1) is 7.15. The number of benzene rings is 1. The summed E-state index contributed by atoms with van der Waals surface area (Å²) in [4.78, 5) is 11.3. The van der Waals surface area contributed by atoms with E-state index in [0.717, 1.165) is 16.8 Å². The van der Waals surface area contributed by atoms with Crippen LogP contribution in [0.3, 0.4) is 0 Å². The van der Waals surface area contributed by atoms with Crippen molar-refractivity contribution in [1.29, 1.82) is 0 Å². The zero-order chi connectivity index (χ0) is 10.8. The van der Waals surface area contributed by atoms with Crippen LogP contribution in [-0.4, -0.2) is 12.1 Å². The highest BCUT2D eigenvalue weighted by Gasteiger charge is 2.24. The van der Waals surface area contributed by atoms with Crippen LogP contribution < -0.4 is 5.73 Å². The lowest BCUT2D eigenvalue weighted by Crippen LogP contribution is -1.99. The summed E-state index contributed by atoms with van der Waals surface area (Å²) in [5.74, 6) is -0.209. The molecule has 1 aliphatic heterocycles. The van der Waals surface area contributed by atoms with Gasteiger partial charge in [0.15, 0.2) is 0 Å². The van der Waals surface area contributed by atoms with Crippen molar-refractivity contribution in [1.82, 2.24) is 0 Å². The molecule has 0 bridgehead atoms. The van der Waals surface area contributed by atoms with Crippen molar-refractivity contribution in [3.05, 3.63) is 35.4 Å². The molecule has 3 heteroatoms. The van der Waals surface area contributed by atoms with Crippen molar-refractivity contribution in [2.75, 3.05) is 5.73 Å². The third kappa shape index (κ3) is 2.18. The summed E-state index contributed by atoms with van der Waals surface area (Å²) < 4.78 is 5.04. The van der Waals surface area contributed by atoms with Crippen molar-refractivity contribution in [2.45, 2.75) is 19.4 Å². The molecule has 0 amide bonds. The molecule has 3 nitrogen and oxygen atoms in total. The Balaban J connectivity index is 2.23. The van der Waals surface area contributed by atoms with Gasteiger partial charge in [-0.1, -0.05) is 12.1 Å². The first-order valence-corrected chi connectivity index (χ1v) is 4.92. The molecule has 2 rings (SSSR count). The number of carbonyl (C=O) groups is 1. The van der Waals surface area contributed by atoms with E-state index < -0.39 is 0 Å². The van der Waals surface area contributed by atoms with Crippen molar-refractivity contribution in [3.8, 4) is 0 Å². The van der Waals surface area contributed by atoms with Crippen LogP contribution in [0, 0.1) is 0 Å². The number of hydrogen-bond acceptors (Lipinski definition) is 3. The minimum atomic E-state index is -0.209. The second kappa shape index (κ2) is 3.77. The molecule has 0 saturated carbocycles. The van der Waals surface area contributed by atoms with E-state index >= 15 is 0 Å². The second-order valence-corrected chi connectivity index (χ2v) is 3.76. The SMILES string of the molecule is C[C@H]1C/C(=C/c2ccc(N)cc2)C(=O)O1. The van der Waals surface area contributed by atoms with Crippen molar-refractivity contribution in [3.63, 3.8) is 0 Å². The van der Waals surface area contributed by atoms with Gasteiger partial charge in [0.25, 0.3) is 0 Å². The highest BCUT2D eigenvalue weighted by atomic mass is 16.5. The van der Waals surface area contributed by atoms with Crippen LogP contribution in [0.2, 0.25) is 0 Å². The quantitative estimate of drug-likeness (QED) is 0.431. The van der Waals surface area contributed by atoms with Gasteiger partial charge in [0.05, 0.1) is 0 Å². The Morgan fingerprint density at radius 2 is 2.07 bits per heavy atom. The molecule has 0 unspecified atom stereocenters. The normalized spacial score (nSPS) is 23.1. The lowest BCUT2D eigenvalue weighted by Gasteiger charge is -1.96. The Kier molecular flexibility index (Phi) is 2.46. The molecule has 1 aliphatic rings. The maximum absolute atomic E-state index is 11.3. The number of carbonyl (C=O) groups excluding carboxylic acids is 1. The minimum Gasteiger partial charge on any atom is -0.459 e. The Morgan fingerprint density at radius 3 is 2.60 bits per heavy atom. The van der Waals surface area contributed by atoms with Crippen LogP contribution in [0.5, 0.6) is 0 Å². The average molecular weight is 203 g/mol. The molecule has 0 spiro atoms. The fourth-order valence-corrected chi connectivity index (χ4v) is 1.60. The Morgan fingerprint density at radius 1 is 1.40 bits per heavy atom. The molecular weight excluding hydrogens is 190 g/mol. The topological polar surface area (TPSA) is 52.3 Å². The fourth-order valence-electron chi connectivity index (χ4n) is 1.60. The number of esters is 1. The number of nitrogens with two attached hydrogens (primary N) is 1. The third-order valence-electron chi connectivity index (χ3n) is 2.36. The number of rotatable bonds is 1. The van der Waals surface area contributed by atoms with Crippen LogP contribution in [0.1, 0.15) is 18.9 Å². The van der Waals surface area contributed by atoms with Gasteiger partial charge in [0.2, 0.25) is 0 Å².